The molecule has 0 aromatic heterocycles. The number of anilines is 1. The van der Waals surface area contributed by atoms with Crippen LogP contribution in [0.4, 0.5) is 14.9 Å². The average molecular weight is 288 g/mol. The van der Waals surface area contributed by atoms with Crippen LogP contribution in [-0.2, 0) is 11.3 Å². The van der Waals surface area contributed by atoms with E-state index in [-0.39, 0.29) is 6.61 Å². The molecular formula is C11H11BrFNO2. The van der Waals surface area contributed by atoms with Crippen LogP contribution in [0.15, 0.2) is 16.6 Å². The molecule has 0 fully saturated rings. The third-order valence-electron chi connectivity index (χ3n) is 2.40. The minimum atomic E-state index is -0.476. The molecule has 1 aromatic carbocycles. The number of ether oxygens (including phenoxy) is 1. The molecule has 0 aliphatic carbocycles. The summed E-state index contributed by atoms with van der Waals surface area (Å²) in [7, 11) is 0. The van der Waals surface area contributed by atoms with E-state index >= 15 is 0 Å². The van der Waals surface area contributed by atoms with Crippen molar-refractivity contribution in [2.24, 2.45) is 0 Å². The lowest BCUT2D eigenvalue weighted by molar-refractivity contribution is 0.141. The molecule has 0 spiro atoms. The minimum Gasteiger partial charge on any atom is -0.444 e. The van der Waals surface area contributed by atoms with Crippen LogP contribution in [0, 0.1) is 5.82 Å². The first-order valence-corrected chi connectivity index (χ1v) is 5.85. The summed E-state index contributed by atoms with van der Waals surface area (Å²) in [4.78, 5) is 12.9. The van der Waals surface area contributed by atoms with E-state index in [2.05, 4.69) is 15.9 Å². The van der Waals surface area contributed by atoms with Crippen molar-refractivity contribution in [2.75, 3.05) is 11.4 Å². The second-order valence-corrected chi connectivity index (χ2v) is 4.52. The van der Waals surface area contributed by atoms with E-state index in [9.17, 15) is 9.18 Å². The van der Waals surface area contributed by atoms with Gasteiger partial charge >= 0.3 is 6.09 Å². The van der Waals surface area contributed by atoms with Gasteiger partial charge in [0.1, 0.15) is 12.4 Å². The predicted molar refractivity (Wildman–Crippen MR) is 61.9 cm³/mol. The zero-order valence-corrected chi connectivity index (χ0v) is 10.4. The van der Waals surface area contributed by atoms with E-state index < -0.39 is 11.9 Å². The first kappa shape index (κ1) is 11.4. The Labute approximate surface area is 101 Å². The van der Waals surface area contributed by atoms with Crippen LogP contribution < -0.4 is 4.90 Å². The molecule has 16 heavy (non-hydrogen) atoms. The number of hydrogen-bond acceptors (Lipinski definition) is 2. The number of benzene rings is 1. The summed E-state index contributed by atoms with van der Waals surface area (Å²) in [6, 6.07) is 3.13. The molecule has 1 aliphatic heterocycles. The van der Waals surface area contributed by atoms with E-state index in [1.165, 1.54) is 11.0 Å². The summed E-state index contributed by atoms with van der Waals surface area (Å²) < 4.78 is 19.4. The van der Waals surface area contributed by atoms with Crippen molar-refractivity contribution in [3.05, 3.63) is 28.0 Å². The van der Waals surface area contributed by atoms with Crippen molar-refractivity contribution in [1.82, 2.24) is 0 Å². The number of cyclic esters (lactones) is 1. The minimum absolute atomic E-state index is 0.130. The van der Waals surface area contributed by atoms with Crippen molar-refractivity contribution in [2.45, 2.75) is 20.0 Å². The van der Waals surface area contributed by atoms with Crippen LogP contribution in [0.25, 0.3) is 0 Å². The molecule has 0 unspecified atom stereocenters. The van der Waals surface area contributed by atoms with Crippen molar-refractivity contribution < 1.29 is 13.9 Å². The molecule has 0 N–H and O–H groups in total. The maximum absolute atomic E-state index is 13.8. The summed E-state index contributed by atoms with van der Waals surface area (Å²) in [5.74, 6) is -0.394. The number of halogens is 2. The van der Waals surface area contributed by atoms with E-state index in [1.54, 1.807) is 6.07 Å². The van der Waals surface area contributed by atoms with Crippen LogP contribution in [0.2, 0.25) is 0 Å². The number of nitrogens with zero attached hydrogens (tertiary/aromatic N) is 1. The van der Waals surface area contributed by atoms with Crippen molar-refractivity contribution in [3.63, 3.8) is 0 Å². The van der Waals surface area contributed by atoms with Crippen LogP contribution >= 0.6 is 15.9 Å². The molecule has 3 nitrogen and oxygen atoms in total. The van der Waals surface area contributed by atoms with Gasteiger partial charge < -0.3 is 4.74 Å². The SMILES string of the molecule is CCCN1C(=O)OCc2cc(Br)cc(F)c21. The summed E-state index contributed by atoms with van der Waals surface area (Å²) >= 11 is 3.22. The van der Waals surface area contributed by atoms with Gasteiger partial charge in [-0.3, -0.25) is 4.90 Å². The number of carbonyl (C=O) groups excluding carboxylic acids is 1. The van der Waals surface area contributed by atoms with Crippen molar-refractivity contribution in [1.29, 1.82) is 0 Å². The number of rotatable bonds is 2. The molecular weight excluding hydrogens is 277 g/mol. The Hall–Kier alpha value is -1.10. The Kier molecular flexibility index (Phi) is 3.14. The van der Waals surface area contributed by atoms with Gasteiger partial charge in [-0.1, -0.05) is 22.9 Å². The predicted octanol–water partition coefficient (Wildman–Crippen LogP) is 3.45. The van der Waals surface area contributed by atoms with Gasteiger partial charge in [-0.05, 0) is 18.6 Å². The van der Waals surface area contributed by atoms with Gasteiger partial charge in [0.05, 0.1) is 5.69 Å². The molecule has 2 rings (SSSR count). The molecule has 0 saturated carbocycles. The van der Waals surface area contributed by atoms with Crippen molar-refractivity contribution in [3.8, 4) is 0 Å². The van der Waals surface area contributed by atoms with Gasteiger partial charge in [0.2, 0.25) is 0 Å². The van der Waals surface area contributed by atoms with E-state index in [4.69, 9.17) is 4.74 Å². The summed E-state index contributed by atoms with van der Waals surface area (Å²) in [6.45, 7) is 2.52. The van der Waals surface area contributed by atoms with Gasteiger partial charge in [-0.2, -0.15) is 0 Å². The summed E-state index contributed by atoms with van der Waals surface area (Å²) in [6.07, 6.45) is 0.278. The number of hydrogen-bond donors (Lipinski definition) is 0. The van der Waals surface area contributed by atoms with Crippen LogP contribution in [0.3, 0.4) is 0 Å². The summed E-state index contributed by atoms with van der Waals surface area (Å²) in [5.41, 5.74) is 1.04. The Bertz CT molecular complexity index is 436. The summed E-state index contributed by atoms with van der Waals surface area (Å²) in [5, 5.41) is 0. The second-order valence-electron chi connectivity index (χ2n) is 3.60. The lowest BCUT2D eigenvalue weighted by atomic mass is 10.1. The van der Waals surface area contributed by atoms with Crippen LogP contribution in [0.5, 0.6) is 0 Å². The third-order valence-corrected chi connectivity index (χ3v) is 2.85. The molecule has 86 valence electrons. The quantitative estimate of drug-likeness (QED) is 0.834. The number of carbonyl (C=O) groups is 1. The van der Waals surface area contributed by atoms with E-state index in [1.807, 2.05) is 6.92 Å². The second kappa shape index (κ2) is 4.41. The lowest BCUT2D eigenvalue weighted by Crippen LogP contribution is -2.37. The molecule has 1 amide bonds. The van der Waals surface area contributed by atoms with Crippen LogP contribution in [-0.4, -0.2) is 12.6 Å². The highest BCUT2D eigenvalue weighted by Crippen LogP contribution is 2.32. The molecule has 1 aliphatic rings. The maximum atomic E-state index is 13.8. The molecule has 0 atom stereocenters. The zero-order chi connectivity index (χ0) is 11.7. The highest BCUT2D eigenvalue weighted by Gasteiger charge is 2.28. The Morgan fingerprint density at radius 2 is 2.31 bits per heavy atom. The number of fused-ring (bicyclic) bond motifs is 1. The molecule has 0 radical (unpaired) electrons. The normalized spacial score (nSPS) is 14.7. The average Bonchev–Trinajstić information content (AvgIpc) is 2.22. The lowest BCUT2D eigenvalue weighted by Gasteiger charge is -2.29. The first-order valence-electron chi connectivity index (χ1n) is 5.05. The Morgan fingerprint density at radius 3 is 3.00 bits per heavy atom. The topological polar surface area (TPSA) is 29.5 Å². The number of amides is 1. The highest BCUT2D eigenvalue weighted by atomic mass is 79.9. The van der Waals surface area contributed by atoms with Gasteiger partial charge in [0.25, 0.3) is 0 Å². The van der Waals surface area contributed by atoms with E-state index in [0.717, 1.165) is 6.42 Å². The molecule has 1 aromatic rings. The fourth-order valence-corrected chi connectivity index (χ4v) is 2.24. The fraction of sp³-hybridized carbons (Fsp3) is 0.364. The fourth-order valence-electron chi connectivity index (χ4n) is 1.77. The Morgan fingerprint density at radius 1 is 1.56 bits per heavy atom. The van der Waals surface area contributed by atoms with E-state index in [0.29, 0.717) is 22.3 Å². The monoisotopic (exact) mass is 287 g/mol. The maximum Gasteiger partial charge on any atom is 0.414 e. The third kappa shape index (κ3) is 1.91. The molecule has 5 heteroatoms. The van der Waals surface area contributed by atoms with Crippen LogP contribution in [0.1, 0.15) is 18.9 Å². The molecule has 0 saturated heterocycles. The Balaban J connectivity index is 2.50. The largest absolute Gasteiger partial charge is 0.444 e. The zero-order valence-electron chi connectivity index (χ0n) is 8.80. The van der Waals surface area contributed by atoms with Crippen molar-refractivity contribution >= 4 is 27.7 Å². The van der Waals surface area contributed by atoms with Gasteiger partial charge in [0.15, 0.2) is 0 Å². The molecule has 0 bridgehead atoms. The standard InChI is InChI=1S/C11H11BrFNO2/c1-2-3-14-10-7(6-16-11(14)15)4-8(12)5-9(10)13/h4-5H,2-3,6H2,1H3. The van der Waals surface area contributed by atoms with Gasteiger partial charge in [-0.25, -0.2) is 9.18 Å². The first-order chi connectivity index (χ1) is 7.63. The van der Waals surface area contributed by atoms with Gasteiger partial charge in [-0.15, -0.1) is 0 Å². The smallest absolute Gasteiger partial charge is 0.414 e. The van der Waals surface area contributed by atoms with Gasteiger partial charge in [0, 0.05) is 16.6 Å². The highest BCUT2D eigenvalue weighted by molar-refractivity contribution is 9.10. The molecule has 1 heterocycles.